The lowest BCUT2D eigenvalue weighted by molar-refractivity contribution is 0.419. The highest BCUT2D eigenvalue weighted by Gasteiger charge is 2.06. The monoisotopic (exact) mass is 195 g/mol. The van der Waals surface area contributed by atoms with Gasteiger partial charge in [0.05, 0.1) is 12.6 Å². The fraction of sp³-hybridized carbons (Fsp3) is 0.200. The molecule has 0 radical (unpaired) electrons. The lowest BCUT2D eigenvalue weighted by atomic mass is 10.1. The zero-order chi connectivity index (χ0) is 9.42. The second kappa shape index (κ2) is 2.96. The molecular formula is C10H10ClNO. The number of aromatic amines is 1. The highest BCUT2D eigenvalue weighted by molar-refractivity contribution is 6.30. The molecule has 68 valence electrons. The first-order valence-corrected chi connectivity index (χ1v) is 4.42. The summed E-state index contributed by atoms with van der Waals surface area (Å²) in [4.78, 5) is 3.06. The molecular weight excluding hydrogens is 186 g/mol. The molecule has 1 N–H and O–H groups in total. The van der Waals surface area contributed by atoms with E-state index < -0.39 is 0 Å². The quantitative estimate of drug-likeness (QED) is 0.743. The molecule has 0 aliphatic carbocycles. The number of H-pyrrole nitrogens is 1. The molecule has 0 saturated heterocycles. The molecule has 0 fully saturated rings. The highest BCUT2D eigenvalue weighted by atomic mass is 35.5. The maximum absolute atomic E-state index is 5.87. The fourth-order valence-corrected chi connectivity index (χ4v) is 1.67. The van der Waals surface area contributed by atoms with Gasteiger partial charge in [0.25, 0.3) is 0 Å². The zero-order valence-corrected chi connectivity index (χ0v) is 8.27. The van der Waals surface area contributed by atoms with Crippen LogP contribution in [0.1, 0.15) is 5.56 Å². The van der Waals surface area contributed by atoms with Crippen molar-refractivity contribution in [2.24, 2.45) is 0 Å². The third-order valence-electron chi connectivity index (χ3n) is 2.16. The molecule has 2 rings (SSSR count). The second-order valence-corrected chi connectivity index (χ2v) is 3.40. The van der Waals surface area contributed by atoms with E-state index in [9.17, 15) is 0 Å². The van der Waals surface area contributed by atoms with Crippen LogP contribution in [0.2, 0.25) is 5.15 Å². The summed E-state index contributed by atoms with van der Waals surface area (Å²) >= 11 is 5.87. The van der Waals surface area contributed by atoms with Gasteiger partial charge in [0.1, 0.15) is 10.9 Å². The Bertz CT molecular complexity index is 447. The molecule has 1 heterocycles. The standard InChI is InChI=1S/C10H10ClNO/c1-6-3-4-8(13-2)10-7(6)5-9(11)12-10/h3-5,12H,1-2H3. The number of benzene rings is 1. The number of fused-ring (bicyclic) bond motifs is 1. The molecule has 0 aliphatic heterocycles. The van der Waals surface area contributed by atoms with E-state index in [-0.39, 0.29) is 0 Å². The molecule has 0 saturated carbocycles. The predicted octanol–water partition coefficient (Wildman–Crippen LogP) is 3.14. The fourth-order valence-electron chi connectivity index (χ4n) is 1.47. The topological polar surface area (TPSA) is 25.0 Å². The zero-order valence-electron chi connectivity index (χ0n) is 7.52. The van der Waals surface area contributed by atoms with Crippen LogP contribution in [0.4, 0.5) is 0 Å². The van der Waals surface area contributed by atoms with E-state index >= 15 is 0 Å². The lowest BCUT2D eigenvalue weighted by Gasteiger charge is -2.02. The molecule has 2 nitrogen and oxygen atoms in total. The molecule has 3 heteroatoms. The van der Waals surface area contributed by atoms with Crippen molar-refractivity contribution in [1.82, 2.24) is 4.98 Å². The summed E-state index contributed by atoms with van der Waals surface area (Å²) in [5, 5.41) is 1.76. The van der Waals surface area contributed by atoms with Crippen LogP contribution in [0.5, 0.6) is 5.75 Å². The van der Waals surface area contributed by atoms with Crippen LogP contribution in [-0.2, 0) is 0 Å². The largest absolute Gasteiger partial charge is 0.495 e. The molecule has 1 aromatic carbocycles. The maximum atomic E-state index is 5.87. The van der Waals surface area contributed by atoms with Crippen molar-refractivity contribution >= 4 is 22.5 Å². The Kier molecular flexibility index (Phi) is 1.93. The van der Waals surface area contributed by atoms with Gasteiger partial charge in [-0.25, -0.2) is 0 Å². The van der Waals surface area contributed by atoms with Crippen LogP contribution in [0.3, 0.4) is 0 Å². The highest BCUT2D eigenvalue weighted by Crippen LogP contribution is 2.29. The Labute approximate surface area is 81.5 Å². The minimum atomic E-state index is 0.641. The van der Waals surface area contributed by atoms with Crippen molar-refractivity contribution in [3.05, 3.63) is 28.9 Å². The Balaban J connectivity index is 2.83. The van der Waals surface area contributed by atoms with Gasteiger partial charge in [-0.1, -0.05) is 17.7 Å². The van der Waals surface area contributed by atoms with E-state index in [2.05, 4.69) is 4.98 Å². The van der Waals surface area contributed by atoms with E-state index in [1.165, 1.54) is 5.56 Å². The van der Waals surface area contributed by atoms with Crippen molar-refractivity contribution in [2.45, 2.75) is 6.92 Å². The summed E-state index contributed by atoms with van der Waals surface area (Å²) in [6, 6.07) is 5.87. The van der Waals surface area contributed by atoms with Gasteiger partial charge in [-0.15, -0.1) is 0 Å². The number of nitrogens with one attached hydrogen (secondary N) is 1. The molecule has 0 amide bonds. The van der Waals surface area contributed by atoms with Crippen LogP contribution in [0.15, 0.2) is 18.2 Å². The van der Waals surface area contributed by atoms with Crippen LogP contribution < -0.4 is 4.74 Å². The predicted molar refractivity (Wildman–Crippen MR) is 54.6 cm³/mol. The SMILES string of the molecule is COc1ccc(C)c2cc(Cl)[nH]c12. The second-order valence-electron chi connectivity index (χ2n) is 2.99. The third kappa shape index (κ3) is 1.27. The van der Waals surface area contributed by atoms with Gasteiger partial charge in [-0.2, -0.15) is 0 Å². The van der Waals surface area contributed by atoms with Crippen LogP contribution in [-0.4, -0.2) is 12.1 Å². The third-order valence-corrected chi connectivity index (χ3v) is 2.36. The van der Waals surface area contributed by atoms with Crippen LogP contribution >= 0.6 is 11.6 Å². The van der Waals surface area contributed by atoms with Gasteiger partial charge in [0, 0.05) is 5.39 Å². The van der Waals surface area contributed by atoms with Crippen molar-refractivity contribution < 1.29 is 4.74 Å². The van der Waals surface area contributed by atoms with Crippen molar-refractivity contribution in [3.8, 4) is 5.75 Å². The number of ether oxygens (including phenoxy) is 1. The van der Waals surface area contributed by atoms with Gasteiger partial charge < -0.3 is 9.72 Å². The number of hydrogen-bond acceptors (Lipinski definition) is 1. The molecule has 13 heavy (non-hydrogen) atoms. The number of halogens is 1. The van der Waals surface area contributed by atoms with Gasteiger partial charge in [0.15, 0.2) is 0 Å². The molecule has 0 aliphatic rings. The number of aromatic nitrogens is 1. The summed E-state index contributed by atoms with van der Waals surface area (Å²) in [6.07, 6.45) is 0. The summed E-state index contributed by atoms with van der Waals surface area (Å²) < 4.78 is 5.21. The number of hydrogen-bond donors (Lipinski definition) is 1. The van der Waals surface area contributed by atoms with Crippen molar-refractivity contribution in [2.75, 3.05) is 7.11 Å². The molecule has 0 bridgehead atoms. The maximum Gasteiger partial charge on any atom is 0.142 e. The van der Waals surface area contributed by atoms with E-state index in [0.29, 0.717) is 5.15 Å². The lowest BCUT2D eigenvalue weighted by Crippen LogP contribution is -1.85. The Morgan fingerprint density at radius 1 is 1.38 bits per heavy atom. The average Bonchev–Trinajstić information content (AvgIpc) is 2.48. The molecule has 0 unspecified atom stereocenters. The molecule has 0 atom stereocenters. The van der Waals surface area contributed by atoms with Crippen LogP contribution in [0.25, 0.3) is 10.9 Å². The minimum Gasteiger partial charge on any atom is -0.495 e. The summed E-state index contributed by atoms with van der Waals surface area (Å²) in [7, 11) is 1.65. The normalized spacial score (nSPS) is 10.7. The first-order chi connectivity index (χ1) is 6.22. The van der Waals surface area contributed by atoms with Gasteiger partial charge in [-0.05, 0) is 24.6 Å². The smallest absolute Gasteiger partial charge is 0.142 e. The Morgan fingerprint density at radius 3 is 2.85 bits per heavy atom. The Morgan fingerprint density at radius 2 is 2.15 bits per heavy atom. The summed E-state index contributed by atoms with van der Waals surface area (Å²) in [5.74, 6) is 0.826. The van der Waals surface area contributed by atoms with Crippen molar-refractivity contribution in [3.63, 3.8) is 0 Å². The minimum absolute atomic E-state index is 0.641. The molecule has 1 aromatic heterocycles. The van der Waals surface area contributed by atoms with E-state index in [0.717, 1.165) is 16.7 Å². The van der Waals surface area contributed by atoms with E-state index in [1.54, 1.807) is 7.11 Å². The van der Waals surface area contributed by atoms with Crippen molar-refractivity contribution in [1.29, 1.82) is 0 Å². The molecule has 2 aromatic rings. The Hall–Kier alpha value is -1.15. The molecule has 0 spiro atoms. The van der Waals surface area contributed by atoms with E-state index in [4.69, 9.17) is 16.3 Å². The van der Waals surface area contributed by atoms with Gasteiger partial charge in [-0.3, -0.25) is 0 Å². The first kappa shape index (κ1) is 8.45. The number of aryl methyl sites for hydroxylation is 1. The van der Waals surface area contributed by atoms with Gasteiger partial charge in [0.2, 0.25) is 0 Å². The van der Waals surface area contributed by atoms with Crippen LogP contribution in [0, 0.1) is 6.92 Å². The number of rotatable bonds is 1. The summed E-state index contributed by atoms with van der Waals surface area (Å²) in [5.41, 5.74) is 2.16. The number of methoxy groups -OCH3 is 1. The first-order valence-electron chi connectivity index (χ1n) is 4.04. The summed E-state index contributed by atoms with van der Waals surface area (Å²) in [6.45, 7) is 2.05. The average molecular weight is 196 g/mol. The van der Waals surface area contributed by atoms with E-state index in [1.807, 2.05) is 25.1 Å². The van der Waals surface area contributed by atoms with Gasteiger partial charge >= 0.3 is 0 Å².